The molecule has 1 saturated heterocycles. The average Bonchev–Trinajstić information content (AvgIpc) is 2.66. The zero-order chi connectivity index (χ0) is 19.3. The van der Waals surface area contributed by atoms with Crippen LogP contribution >= 0.6 is 0 Å². The molecule has 7 heteroatoms. The van der Waals surface area contributed by atoms with Crippen LogP contribution < -0.4 is 0 Å². The number of halogens is 3. The van der Waals surface area contributed by atoms with Gasteiger partial charge in [-0.05, 0) is 11.1 Å². The molecule has 1 aliphatic heterocycles. The smallest absolute Gasteiger partial charge is 0.371 e. The fraction of sp³-hybridized carbons (Fsp3) is 0.400. The molecule has 1 aliphatic rings. The molecule has 146 valence electrons. The monoisotopic (exact) mass is 382 g/mol. The van der Waals surface area contributed by atoms with Crippen molar-refractivity contribution in [3.8, 4) is 0 Å². The van der Waals surface area contributed by atoms with Gasteiger partial charge in [-0.2, -0.15) is 13.2 Å². The van der Waals surface area contributed by atoms with E-state index in [0.29, 0.717) is 0 Å². The van der Waals surface area contributed by atoms with Crippen molar-refractivity contribution in [3.63, 3.8) is 0 Å². The average molecular weight is 382 g/mol. The third-order valence-corrected chi connectivity index (χ3v) is 4.32. The Morgan fingerprint density at radius 3 is 1.93 bits per heavy atom. The Hall–Kier alpha value is -1.93. The molecule has 2 aromatic carbocycles. The molecule has 0 aromatic heterocycles. The highest BCUT2D eigenvalue weighted by atomic mass is 19.4. The van der Waals surface area contributed by atoms with Crippen LogP contribution in [0.4, 0.5) is 13.2 Å². The van der Waals surface area contributed by atoms with Crippen molar-refractivity contribution in [1.82, 2.24) is 0 Å². The van der Waals surface area contributed by atoms with Gasteiger partial charge in [-0.1, -0.05) is 60.7 Å². The third-order valence-electron chi connectivity index (χ3n) is 4.32. The van der Waals surface area contributed by atoms with E-state index in [0.717, 1.165) is 11.1 Å². The summed E-state index contributed by atoms with van der Waals surface area (Å²) < 4.78 is 56.4. The minimum absolute atomic E-state index is 0.0112. The molecule has 2 aromatic rings. The minimum atomic E-state index is -4.68. The second-order valence-electron chi connectivity index (χ2n) is 6.38. The van der Waals surface area contributed by atoms with Crippen LogP contribution in [0.3, 0.4) is 0 Å². The third kappa shape index (κ3) is 5.52. The van der Waals surface area contributed by atoms with Crippen LogP contribution in [0.5, 0.6) is 0 Å². The summed E-state index contributed by atoms with van der Waals surface area (Å²) in [5.41, 5.74) is 1.57. The van der Waals surface area contributed by atoms with Gasteiger partial charge in [0, 0.05) is 6.42 Å². The Balaban J connectivity index is 1.73. The topological polar surface area (TPSA) is 47.9 Å². The Morgan fingerprint density at radius 1 is 0.889 bits per heavy atom. The van der Waals surface area contributed by atoms with Gasteiger partial charge < -0.3 is 19.3 Å². The number of hydrogen-bond donors (Lipinski definition) is 1. The summed E-state index contributed by atoms with van der Waals surface area (Å²) in [6.45, 7) is 0.108. The first-order chi connectivity index (χ1) is 12.9. The molecule has 0 bridgehead atoms. The Kier molecular flexibility index (Phi) is 6.49. The van der Waals surface area contributed by atoms with Crippen molar-refractivity contribution in [2.45, 2.75) is 50.4 Å². The molecule has 27 heavy (non-hydrogen) atoms. The van der Waals surface area contributed by atoms with Gasteiger partial charge in [-0.15, -0.1) is 0 Å². The summed E-state index contributed by atoms with van der Waals surface area (Å²) in [7, 11) is 0. The van der Waals surface area contributed by atoms with Crippen molar-refractivity contribution in [3.05, 3.63) is 71.8 Å². The number of benzene rings is 2. The van der Waals surface area contributed by atoms with E-state index in [1.807, 2.05) is 36.4 Å². The first-order valence-electron chi connectivity index (χ1n) is 8.65. The number of hydrogen-bond acceptors (Lipinski definition) is 4. The summed E-state index contributed by atoms with van der Waals surface area (Å²) in [5.74, 6) is 0. The van der Waals surface area contributed by atoms with Crippen LogP contribution in [0.1, 0.15) is 17.5 Å². The van der Waals surface area contributed by atoms with Crippen molar-refractivity contribution >= 4 is 0 Å². The van der Waals surface area contributed by atoms with Crippen molar-refractivity contribution in [2.75, 3.05) is 0 Å². The van der Waals surface area contributed by atoms with Gasteiger partial charge in [0.05, 0.1) is 19.3 Å². The number of alkyl halides is 3. The van der Waals surface area contributed by atoms with Gasteiger partial charge in [-0.25, -0.2) is 0 Å². The van der Waals surface area contributed by atoms with Gasteiger partial charge in [0.2, 0.25) is 0 Å². The van der Waals surface area contributed by atoms with Crippen molar-refractivity contribution < 1.29 is 32.5 Å². The quantitative estimate of drug-likeness (QED) is 0.825. The maximum absolute atomic E-state index is 13.5. The predicted molar refractivity (Wildman–Crippen MR) is 91.6 cm³/mol. The van der Waals surface area contributed by atoms with Crippen LogP contribution in [0.2, 0.25) is 0 Å². The SMILES string of the molecule is O[C@@H]1C[C@H](OCc2ccccc2)[C@H](OCc2ccccc2)[C@@H](C(F)(F)F)O1. The zero-order valence-corrected chi connectivity index (χ0v) is 14.5. The zero-order valence-electron chi connectivity index (χ0n) is 14.5. The number of ether oxygens (including phenoxy) is 3. The van der Waals surface area contributed by atoms with Gasteiger partial charge >= 0.3 is 6.18 Å². The van der Waals surface area contributed by atoms with E-state index in [9.17, 15) is 18.3 Å². The van der Waals surface area contributed by atoms with Crippen molar-refractivity contribution in [2.24, 2.45) is 0 Å². The minimum Gasteiger partial charge on any atom is -0.371 e. The molecule has 4 nitrogen and oxygen atoms in total. The van der Waals surface area contributed by atoms with E-state index in [-0.39, 0.29) is 19.6 Å². The van der Waals surface area contributed by atoms with Gasteiger partial charge in [0.15, 0.2) is 12.4 Å². The van der Waals surface area contributed by atoms with Crippen LogP contribution in [-0.2, 0) is 27.4 Å². The van der Waals surface area contributed by atoms with E-state index in [2.05, 4.69) is 0 Å². The molecule has 0 unspecified atom stereocenters. The van der Waals surface area contributed by atoms with Gasteiger partial charge in [-0.3, -0.25) is 0 Å². The van der Waals surface area contributed by atoms with Crippen LogP contribution in [0, 0.1) is 0 Å². The normalized spacial score (nSPS) is 26.1. The molecule has 1 fully saturated rings. The molecule has 0 aliphatic carbocycles. The van der Waals surface area contributed by atoms with E-state index < -0.39 is 30.8 Å². The van der Waals surface area contributed by atoms with E-state index in [4.69, 9.17) is 14.2 Å². The van der Waals surface area contributed by atoms with E-state index >= 15 is 0 Å². The Bertz CT molecular complexity index is 693. The lowest BCUT2D eigenvalue weighted by Gasteiger charge is -2.40. The molecule has 4 atom stereocenters. The van der Waals surface area contributed by atoms with E-state index in [1.54, 1.807) is 24.3 Å². The number of rotatable bonds is 6. The summed E-state index contributed by atoms with van der Waals surface area (Å²) in [6, 6.07) is 18.0. The highest BCUT2D eigenvalue weighted by Gasteiger charge is 2.53. The lowest BCUT2D eigenvalue weighted by Crippen LogP contribution is -2.56. The fourth-order valence-electron chi connectivity index (χ4n) is 3.00. The van der Waals surface area contributed by atoms with Crippen LogP contribution in [0.15, 0.2) is 60.7 Å². The lowest BCUT2D eigenvalue weighted by molar-refractivity contribution is -0.332. The lowest BCUT2D eigenvalue weighted by atomic mass is 10.00. The van der Waals surface area contributed by atoms with Gasteiger partial charge in [0.1, 0.15) is 6.10 Å². The Labute approximate surface area is 155 Å². The summed E-state index contributed by atoms with van der Waals surface area (Å²) >= 11 is 0. The highest BCUT2D eigenvalue weighted by molar-refractivity contribution is 5.14. The maximum Gasteiger partial charge on any atom is 0.417 e. The summed E-state index contributed by atoms with van der Waals surface area (Å²) in [5, 5.41) is 9.76. The van der Waals surface area contributed by atoms with Gasteiger partial charge in [0.25, 0.3) is 0 Å². The first kappa shape index (κ1) is 19.8. The fourth-order valence-corrected chi connectivity index (χ4v) is 3.00. The van der Waals surface area contributed by atoms with Crippen LogP contribution in [0.25, 0.3) is 0 Å². The molecular weight excluding hydrogens is 361 g/mol. The molecule has 0 radical (unpaired) electrons. The maximum atomic E-state index is 13.5. The molecule has 1 heterocycles. The second kappa shape index (κ2) is 8.84. The standard InChI is InChI=1S/C20H21F3O4/c21-20(22,23)19-18(26-13-15-9-5-2-6-10-15)16(11-17(24)27-19)25-12-14-7-3-1-4-8-14/h1-10,16-19,24H,11-13H2/t16-,17-,18-,19-/m0/s1. The molecular formula is C20H21F3O4. The largest absolute Gasteiger partial charge is 0.417 e. The number of aliphatic hydroxyl groups excluding tert-OH is 1. The molecule has 0 saturated carbocycles. The molecule has 0 spiro atoms. The van der Waals surface area contributed by atoms with E-state index in [1.165, 1.54) is 0 Å². The second-order valence-corrected chi connectivity index (χ2v) is 6.38. The molecule has 3 rings (SSSR count). The summed E-state index contributed by atoms with van der Waals surface area (Å²) in [4.78, 5) is 0. The molecule has 1 N–H and O–H groups in total. The highest BCUT2D eigenvalue weighted by Crippen LogP contribution is 2.35. The number of aliphatic hydroxyl groups is 1. The summed E-state index contributed by atoms with van der Waals surface area (Å²) in [6.07, 6.45) is -10.9. The molecule has 0 amide bonds. The van der Waals surface area contributed by atoms with Crippen LogP contribution in [-0.4, -0.2) is 35.9 Å². The van der Waals surface area contributed by atoms with Crippen molar-refractivity contribution in [1.29, 1.82) is 0 Å². The Morgan fingerprint density at radius 2 is 1.41 bits per heavy atom. The first-order valence-corrected chi connectivity index (χ1v) is 8.65. The predicted octanol–water partition coefficient (Wildman–Crippen LogP) is 3.83.